The lowest BCUT2D eigenvalue weighted by Gasteiger charge is -2.18. The van der Waals surface area contributed by atoms with Gasteiger partial charge in [0, 0.05) is 12.0 Å². The summed E-state index contributed by atoms with van der Waals surface area (Å²) in [6, 6.07) is 13.1. The predicted octanol–water partition coefficient (Wildman–Crippen LogP) is 3.26. The lowest BCUT2D eigenvalue weighted by atomic mass is 10.0. The fourth-order valence-electron chi connectivity index (χ4n) is 2.96. The summed E-state index contributed by atoms with van der Waals surface area (Å²) in [6.07, 6.45) is 1.93. The van der Waals surface area contributed by atoms with E-state index in [1.807, 2.05) is 0 Å². The molecule has 0 unspecified atom stereocenters. The van der Waals surface area contributed by atoms with Gasteiger partial charge in [-0.15, -0.1) is 0 Å². The van der Waals surface area contributed by atoms with Gasteiger partial charge in [-0.2, -0.15) is 0 Å². The smallest absolute Gasteiger partial charge is 0.335 e. The van der Waals surface area contributed by atoms with Crippen LogP contribution >= 0.6 is 0 Å². The van der Waals surface area contributed by atoms with Crippen LogP contribution in [0.5, 0.6) is 0 Å². The van der Waals surface area contributed by atoms with Gasteiger partial charge < -0.3 is 10.4 Å². The molecule has 2 N–H and O–H groups in total. The number of nitrogens with one attached hydrogen (secondary N) is 1. The van der Waals surface area contributed by atoms with E-state index in [4.69, 9.17) is 5.11 Å². The van der Waals surface area contributed by atoms with Crippen LogP contribution in [-0.2, 0) is 16.8 Å². The second kappa shape index (κ2) is 6.43. The Labute approximate surface area is 139 Å². The van der Waals surface area contributed by atoms with Gasteiger partial charge in [0.15, 0.2) is 0 Å². The van der Waals surface area contributed by atoms with Gasteiger partial charge in [-0.25, -0.2) is 9.18 Å². The Morgan fingerprint density at radius 2 is 1.75 bits per heavy atom. The standard InChI is InChI=1S/C19H18FNO3/c20-16-8-4-3-7-15(16)19(11-12-19)21-17(22)10-9-13-5-1-2-6-14(13)18(23)24/h1-8H,9-12H2,(H,21,22)(H,23,24). The van der Waals surface area contributed by atoms with Gasteiger partial charge in [0.05, 0.1) is 11.1 Å². The average molecular weight is 327 g/mol. The summed E-state index contributed by atoms with van der Waals surface area (Å²) in [5, 5.41) is 12.1. The van der Waals surface area contributed by atoms with Crippen LogP contribution in [0.2, 0.25) is 0 Å². The number of hydrogen-bond donors (Lipinski definition) is 2. The van der Waals surface area contributed by atoms with Crippen molar-refractivity contribution in [2.75, 3.05) is 0 Å². The average Bonchev–Trinajstić information content (AvgIpc) is 3.34. The zero-order valence-electron chi connectivity index (χ0n) is 13.1. The number of hydrogen-bond acceptors (Lipinski definition) is 2. The fraction of sp³-hybridized carbons (Fsp3) is 0.263. The molecule has 1 saturated carbocycles. The van der Waals surface area contributed by atoms with Crippen LogP contribution in [0.25, 0.3) is 0 Å². The van der Waals surface area contributed by atoms with E-state index < -0.39 is 11.5 Å². The van der Waals surface area contributed by atoms with Gasteiger partial charge in [-0.1, -0.05) is 36.4 Å². The molecule has 0 spiro atoms. The topological polar surface area (TPSA) is 66.4 Å². The Hall–Kier alpha value is -2.69. The maximum Gasteiger partial charge on any atom is 0.335 e. The molecule has 0 aromatic heterocycles. The fourth-order valence-corrected chi connectivity index (χ4v) is 2.96. The van der Waals surface area contributed by atoms with Crippen LogP contribution in [0.3, 0.4) is 0 Å². The molecule has 1 aliphatic rings. The highest BCUT2D eigenvalue weighted by Crippen LogP contribution is 2.46. The SMILES string of the molecule is O=C(CCc1ccccc1C(=O)O)NC1(c2ccccc2F)CC1. The Bertz CT molecular complexity index is 784. The maximum absolute atomic E-state index is 14.0. The molecule has 24 heavy (non-hydrogen) atoms. The Morgan fingerprint density at radius 1 is 1.08 bits per heavy atom. The number of amides is 1. The minimum atomic E-state index is -1.00. The normalized spacial score (nSPS) is 14.9. The molecule has 0 saturated heterocycles. The Balaban J connectivity index is 1.65. The monoisotopic (exact) mass is 327 g/mol. The van der Waals surface area contributed by atoms with Crippen molar-refractivity contribution < 1.29 is 19.1 Å². The number of aromatic carboxylic acids is 1. The minimum Gasteiger partial charge on any atom is -0.478 e. The molecule has 4 nitrogen and oxygen atoms in total. The van der Waals surface area contributed by atoms with Gasteiger partial charge in [0.1, 0.15) is 5.82 Å². The van der Waals surface area contributed by atoms with Crippen molar-refractivity contribution >= 4 is 11.9 Å². The van der Waals surface area contributed by atoms with Crippen molar-refractivity contribution in [2.24, 2.45) is 0 Å². The largest absolute Gasteiger partial charge is 0.478 e. The van der Waals surface area contributed by atoms with Gasteiger partial charge in [0.2, 0.25) is 5.91 Å². The number of carboxylic acid groups (broad SMARTS) is 1. The summed E-state index contributed by atoms with van der Waals surface area (Å²) in [4.78, 5) is 23.4. The third kappa shape index (κ3) is 3.30. The molecule has 2 aromatic rings. The van der Waals surface area contributed by atoms with E-state index in [1.165, 1.54) is 12.1 Å². The molecule has 1 aliphatic carbocycles. The lowest BCUT2D eigenvalue weighted by Crippen LogP contribution is -2.35. The van der Waals surface area contributed by atoms with Gasteiger partial charge in [0.25, 0.3) is 0 Å². The molecule has 124 valence electrons. The molecule has 5 heteroatoms. The number of carbonyl (C=O) groups excluding carboxylic acids is 1. The van der Waals surface area contributed by atoms with E-state index in [0.717, 1.165) is 0 Å². The summed E-state index contributed by atoms with van der Waals surface area (Å²) in [5.41, 5.74) is 0.745. The predicted molar refractivity (Wildman–Crippen MR) is 87.2 cm³/mol. The molecular formula is C19H18FNO3. The van der Waals surface area contributed by atoms with Crippen LogP contribution in [-0.4, -0.2) is 17.0 Å². The number of aryl methyl sites for hydroxylation is 1. The molecule has 0 atom stereocenters. The molecule has 2 aromatic carbocycles. The first kappa shape index (κ1) is 16.2. The summed E-state index contributed by atoms with van der Waals surface area (Å²) in [6.45, 7) is 0. The number of carbonyl (C=O) groups is 2. The Kier molecular flexibility index (Phi) is 4.34. The molecule has 1 fully saturated rings. The quantitative estimate of drug-likeness (QED) is 0.856. The van der Waals surface area contributed by atoms with Crippen LogP contribution in [0.4, 0.5) is 4.39 Å². The highest BCUT2D eigenvalue weighted by atomic mass is 19.1. The van der Waals surface area contributed by atoms with Gasteiger partial charge in [-0.3, -0.25) is 4.79 Å². The maximum atomic E-state index is 14.0. The van der Waals surface area contributed by atoms with Crippen molar-refractivity contribution in [1.82, 2.24) is 5.32 Å². The van der Waals surface area contributed by atoms with Crippen molar-refractivity contribution in [3.05, 3.63) is 71.0 Å². The van der Waals surface area contributed by atoms with E-state index in [2.05, 4.69) is 5.32 Å². The number of carboxylic acids is 1. The highest BCUT2D eigenvalue weighted by Gasteiger charge is 2.47. The molecule has 0 aliphatic heterocycles. The molecular weight excluding hydrogens is 309 g/mol. The van der Waals surface area contributed by atoms with Crippen LogP contribution < -0.4 is 5.32 Å². The van der Waals surface area contributed by atoms with Crippen LogP contribution in [0.15, 0.2) is 48.5 Å². The van der Waals surface area contributed by atoms with Crippen molar-refractivity contribution in [3.63, 3.8) is 0 Å². The second-order valence-electron chi connectivity index (χ2n) is 6.07. The van der Waals surface area contributed by atoms with Crippen molar-refractivity contribution in [3.8, 4) is 0 Å². The van der Waals surface area contributed by atoms with E-state index >= 15 is 0 Å². The van der Waals surface area contributed by atoms with E-state index in [1.54, 1.807) is 36.4 Å². The minimum absolute atomic E-state index is 0.167. The first-order valence-corrected chi connectivity index (χ1v) is 7.89. The summed E-state index contributed by atoms with van der Waals surface area (Å²) >= 11 is 0. The molecule has 3 rings (SSSR count). The number of benzene rings is 2. The third-order valence-electron chi connectivity index (χ3n) is 4.39. The Morgan fingerprint density at radius 3 is 2.42 bits per heavy atom. The summed E-state index contributed by atoms with van der Waals surface area (Å²) < 4.78 is 14.0. The highest BCUT2D eigenvalue weighted by molar-refractivity contribution is 5.89. The van der Waals surface area contributed by atoms with Gasteiger partial charge in [-0.05, 0) is 37.0 Å². The zero-order chi connectivity index (χ0) is 17.2. The van der Waals surface area contributed by atoms with Crippen molar-refractivity contribution in [2.45, 2.75) is 31.2 Å². The summed E-state index contributed by atoms with van der Waals surface area (Å²) in [5.74, 6) is -1.52. The van der Waals surface area contributed by atoms with E-state index in [-0.39, 0.29) is 23.7 Å². The third-order valence-corrected chi connectivity index (χ3v) is 4.39. The van der Waals surface area contributed by atoms with Gasteiger partial charge >= 0.3 is 5.97 Å². The molecule has 1 amide bonds. The van der Waals surface area contributed by atoms with E-state index in [9.17, 15) is 14.0 Å². The first-order chi connectivity index (χ1) is 11.5. The number of rotatable bonds is 6. The zero-order valence-corrected chi connectivity index (χ0v) is 13.1. The molecule has 0 bridgehead atoms. The van der Waals surface area contributed by atoms with Crippen LogP contribution in [0, 0.1) is 5.82 Å². The van der Waals surface area contributed by atoms with Crippen molar-refractivity contribution in [1.29, 1.82) is 0 Å². The number of halogens is 1. The summed E-state index contributed by atoms with van der Waals surface area (Å²) in [7, 11) is 0. The lowest BCUT2D eigenvalue weighted by molar-refractivity contribution is -0.122. The van der Waals surface area contributed by atoms with Crippen LogP contribution in [0.1, 0.15) is 40.7 Å². The first-order valence-electron chi connectivity index (χ1n) is 7.89. The second-order valence-corrected chi connectivity index (χ2v) is 6.07. The molecule has 0 radical (unpaired) electrons. The molecule has 0 heterocycles. The van der Waals surface area contributed by atoms with E-state index in [0.29, 0.717) is 30.4 Å².